The number of amides is 1. The highest BCUT2D eigenvalue weighted by Gasteiger charge is 2.25. The number of piperidine rings is 1. The smallest absolute Gasteiger partial charge is 0.223 e. The Morgan fingerprint density at radius 2 is 1.81 bits per heavy atom. The molecule has 3 heterocycles. The summed E-state index contributed by atoms with van der Waals surface area (Å²) in [5, 5.41) is 3.08. The molecule has 1 fully saturated rings. The average Bonchev–Trinajstić information content (AvgIpc) is 3.20. The largest absolute Gasteiger partial charge is 0.371 e. The quantitative estimate of drug-likeness (QED) is 0.521. The zero-order chi connectivity index (χ0) is 21.9. The van der Waals surface area contributed by atoms with Crippen LogP contribution in [0.25, 0.3) is 22.4 Å². The SMILES string of the molecule is Cn1c(-c2cccc(N3CCC(C(=O)NCc4ccncc4)CC3)c2)nc2ccccc21. The highest BCUT2D eigenvalue weighted by Crippen LogP contribution is 2.29. The second kappa shape index (κ2) is 8.83. The summed E-state index contributed by atoms with van der Waals surface area (Å²) in [7, 11) is 2.06. The summed E-state index contributed by atoms with van der Waals surface area (Å²) >= 11 is 0. The van der Waals surface area contributed by atoms with Crippen LogP contribution in [0.15, 0.2) is 73.1 Å². The van der Waals surface area contributed by atoms with Crippen LogP contribution in [0.3, 0.4) is 0 Å². The van der Waals surface area contributed by atoms with Crippen molar-refractivity contribution in [3.8, 4) is 11.4 Å². The second-order valence-electron chi connectivity index (χ2n) is 8.37. The van der Waals surface area contributed by atoms with Crippen LogP contribution >= 0.6 is 0 Å². The summed E-state index contributed by atoms with van der Waals surface area (Å²) in [5.74, 6) is 1.18. The minimum absolute atomic E-state index is 0.0658. The van der Waals surface area contributed by atoms with Crippen LogP contribution in [0.4, 0.5) is 5.69 Å². The van der Waals surface area contributed by atoms with Crippen LogP contribution in [0.1, 0.15) is 18.4 Å². The Kier molecular flexibility index (Phi) is 5.58. The van der Waals surface area contributed by atoms with Crippen molar-refractivity contribution in [1.82, 2.24) is 19.9 Å². The number of imidazole rings is 1. The molecule has 1 saturated heterocycles. The van der Waals surface area contributed by atoms with Crippen LogP contribution in [-0.4, -0.2) is 33.5 Å². The summed E-state index contributed by atoms with van der Waals surface area (Å²) in [5.41, 5.74) is 5.51. The van der Waals surface area contributed by atoms with Gasteiger partial charge in [-0.3, -0.25) is 9.78 Å². The van der Waals surface area contributed by atoms with Crippen LogP contribution in [0, 0.1) is 5.92 Å². The van der Waals surface area contributed by atoms with Gasteiger partial charge in [-0.05, 0) is 54.8 Å². The summed E-state index contributed by atoms with van der Waals surface area (Å²) in [6, 6.07) is 20.6. The lowest BCUT2D eigenvalue weighted by molar-refractivity contribution is -0.125. The van der Waals surface area contributed by atoms with Gasteiger partial charge >= 0.3 is 0 Å². The molecule has 0 unspecified atom stereocenters. The lowest BCUT2D eigenvalue weighted by Crippen LogP contribution is -2.40. The number of anilines is 1. The van der Waals surface area contributed by atoms with E-state index in [-0.39, 0.29) is 11.8 Å². The summed E-state index contributed by atoms with van der Waals surface area (Å²) in [6.45, 7) is 2.31. The third-order valence-corrected chi connectivity index (χ3v) is 6.34. The Labute approximate surface area is 187 Å². The standard InChI is InChI=1S/C26H27N5O/c1-30-24-8-3-2-7-23(24)29-25(30)21-5-4-6-22(17-21)31-15-11-20(12-16-31)26(32)28-18-19-9-13-27-14-10-19/h2-10,13-14,17,20H,11-12,15-16,18H2,1H3,(H,28,32). The first-order valence-electron chi connectivity index (χ1n) is 11.1. The van der Waals surface area contributed by atoms with Gasteiger partial charge in [0.25, 0.3) is 0 Å². The summed E-state index contributed by atoms with van der Waals surface area (Å²) in [6.07, 6.45) is 5.22. The highest BCUT2D eigenvalue weighted by molar-refractivity contribution is 5.81. The van der Waals surface area contributed by atoms with Gasteiger partial charge in [0.1, 0.15) is 5.82 Å². The van der Waals surface area contributed by atoms with Crippen LogP contribution < -0.4 is 10.2 Å². The number of nitrogens with one attached hydrogen (secondary N) is 1. The fraction of sp³-hybridized carbons (Fsp3) is 0.269. The van der Waals surface area contributed by atoms with Gasteiger partial charge in [-0.15, -0.1) is 0 Å². The molecule has 1 aliphatic rings. The summed E-state index contributed by atoms with van der Waals surface area (Å²) in [4.78, 5) is 23.8. The van der Waals surface area contributed by atoms with Crippen molar-refractivity contribution in [1.29, 1.82) is 0 Å². The number of aromatic nitrogens is 3. The molecule has 6 nitrogen and oxygen atoms in total. The van der Waals surface area contributed by atoms with E-state index in [1.165, 1.54) is 5.69 Å². The molecule has 1 N–H and O–H groups in total. The number of benzene rings is 2. The molecule has 0 radical (unpaired) electrons. The Morgan fingerprint density at radius 1 is 1.03 bits per heavy atom. The topological polar surface area (TPSA) is 63.1 Å². The lowest BCUT2D eigenvalue weighted by atomic mass is 9.95. The molecule has 4 aromatic rings. The number of fused-ring (bicyclic) bond motifs is 1. The normalized spacial score (nSPS) is 14.6. The molecule has 0 saturated carbocycles. The zero-order valence-corrected chi connectivity index (χ0v) is 18.2. The van der Waals surface area contributed by atoms with E-state index in [2.05, 4.69) is 57.1 Å². The van der Waals surface area contributed by atoms with E-state index in [9.17, 15) is 4.79 Å². The first kappa shape index (κ1) is 20.2. The predicted octanol–water partition coefficient (Wildman–Crippen LogP) is 4.17. The minimum atomic E-state index is 0.0658. The third-order valence-electron chi connectivity index (χ3n) is 6.34. The molecule has 1 amide bonds. The van der Waals surface area contributed by atoms with Crippen molar-refractivity contribution in [2.75, 3.05) is 18.0 Å². The Balaban J connectivity index is 1.24. The van der Waals surface area contributed by atoms with E-state index in [0.717, 1.165) is 53.9 Å². The molecule has 5 rings (SSSR count). The van der Waals surface area contributed by atoms with Gasteiger partial charge in [0, 0.05) is 56.2 Å². The van der Waals surface area contributed by atoms with E-state index in [1.54, 1.807) is 12.4 Å². The average molecular weight is 426 g/mol. The fourth-order valence-corrected chi connectivity index (χ4v) is 4.48. The van der Waals surface area contributed by atoms with Gasteiger partial charge in [0.05, 0.1) is 11.0 Å². The van der Waals surface area contributed by atoms with Gasteiger partial charge in [0.15, 0.2) is 0 Å². The third kappa shape index (κ3) is 4.08. The maximum atomic E-state index is 12.6. The predicted molar refractivity (Wildman–Crippen MR) is 127 cm³/mol. The molecular formula is C26H27N5O. The number of pyridine rings is 1. The molecule has 2 aromatic carbocycles. The van der Waals surface area contributed by atoms with Crippen LogP contribution in [0.2, 0.25) is 0 Å². The number of para-hydroxylation sites is 2. The van der Waals surface area contributed by atoms with Gasteiger partial charge in [-0.25, -0.2) is 4.98 Å². The number of rotatable bonds is 5. The molecule has 0 spiro atoms. The monoisotopic (exact) mass is 425 g/mol. The Morgan fingerprint density at radius 3 is 2.59 bits per heavy atom. The number of hydrogen-bond acceptors (Lipinski definition) is 4. The Hall–Kier alpha value is -3.67. The van der Waals surface area contributed by atoms with Gasteiger partial charge in [-0.1, -0.05) is 24.3 Å². The van der Waals surface area contributed by atoms with Crippen molar-refractivity contribution < 1.29 is 4.79 Å². The maximum Gasteiger partial charge on any atom is 0.223 e. The number of carbonyl (C=O) groups excluding carboxylic acids is 1. The molecule has 32 heavy (non-hydrogen) atoms. The number of aryl methyl sites for hydroxylation is 1. The molecule has 162 valence electrons. The van der Waals surface area contributed by atoms with Gasteiger partial charge < -0.3 is 14.8 Å². The lowest BCUT2D eigenvalue weighted by Gasteiger charge is -2.33. The van der Waals surface area contributed by atoms with E-state index in [0.29, 0.717) is 6.54 Å². The van der Waals surface area contributed by atoms with Crippen LogP contribution in [-0.2, 0) is 18.4 Å². The minimum Gasteiger partial charge on any atom is -0.371 e. The number of nitrogens with zero attached hydrogens (tertiary/aromatic N) is 4. The van der Waals surface area contributed by atoms with Crippen molar-refractivity contribution in [3.63, 3.8) is 0 Å². The molecule has 0 bridgehead atoms. The van der Waals surface area contributed by atoms with E-state index in [4.69, 9.17) is 4.98 Å². The zero-order valence-electron chi connectivity index (χ0n) is 18.2. The molecule has 1 aliphatic heterocycles. The fourth-order valence-electron chi connectivity index (χ4n) is 4.48. The van der Waals surface area contributed by atoms with Crippen molar-refractivity contribution in [2.24, 2.45) is 13.0 Å². The second-order valence-corrected chi connectivity index (χ2v) is 8.37. The Bertz CT molecular complexity index is 1230. The van der Waals surface area contributed by atoms with E-state index < -0.39 is 0 Å². The maximum absolute atomic E-state index is 12.6. The molecule has 6 heteroatoms. The first-order valence-corrected chi connectivity index (χ1v) is 11.1. The van der Waals surface area contributed by atoms with Crippen molar-refractivity contribution in [2.45, 2.75) is 19.4 Å². The van der Waals surface area contributed by atoms with E-state index >= 15 is 0 Å². The molecule has 2 aromatic heterocycles. The van der Waals surface area contributed by atoms with Gasteiger partial charge in [0.2, 0.25) is 5.91 Å². The highest BCUT2D eigenvalue weighted by atomic mass is 16.1. The number of carbonyl (C=O) groups is 1. The number of hydrogen-bond donors (Lipinski definition) is 1. The molecule has 0 atom stereocenters. The van der Waals surface area contributed by atoms with E-state index in [1.807, 2.05) is 30.3 Å². The van der Waals surface area contributed by atoms with Crippen LogP contribution in [0.5, 0.6) is 0 Å². The molecular weight excluding hydrogens is 398 g/mol. The first-order chi connectivity index (χ1) is 15.7. The molecule has 0 aliphatic carbocycles. The van der Waals surface area contributed by atoms with Crippen molar-refractivity contribution in [3.05, 3.63) is 78.6 Å². The van der Waals surface area contributed by atoms with Crippen molar-refractivity contribution >= 4 is 22.6 Å². The summed E-state index contributed by atoms with van der Waals surface area (Å²) < 4.78 is 2.15. The van der Waals surface area contributed by atoms with Gasteiger partial charge in [-0.2, -0.15) is 0 Å².